The van der Waals surface area contributed by atoms with Gasteiger partial charge in [-0.05, 0) is 54.3 Å². The van der Waals surface area contributed by atoms with Crippen LogP contribution in [0.1, 0.15) is 11.3 Å². The highest BCUT2D eigenvalue weighted by molar-refractivity contribution is 7.13. The molecule has 0 fully saturated rings. The van der Waals surface area contributed by atoms with E-state index >= 15 is 0 Å². The Balaban J connectivity index is 1.46. The smallest absolute Gasteiger partial charge is 0.153 e. The minimum absolute atomic E-state index is 0.353. The maximum absolute atomic E-state index is 6.12. The predicted octanol–water partition coefficient (Wildman–Crippen LogP) is 4.90. The van der Waals surface area contributed by atoms with Gasteiger partial charge in [0.2, 0.25) is 0 Å². The van der Waals surface area contributed by atoms with Gasteiger partial charge >= 0.3 is 0 Å². The van der Waals surface area contributed by atoms with Crippen molar-refractivity contribution in [1.29, 1.82) is 0 Å². The second-order valence-electron chi connectivity index (χ2n) is 6.71. The number of rotatable bonds is 5. The van der Waals surface area contributed by atoms with Crippen LogP contribution >= 0.6 is 11.3 Å². The molecule has 0 aliphatic rings. The summed E-state index contributed by atoms with van der Waals surface area (Å²) in [7, 11) is 1.64. The average molecular weight is 402 g/mol. The SMILES string of the molecule is COc1ccc2c(OCc3cnc4ccc(-c5cc(C)cs5)nn34)ccnc2c1. The first-order valence-corrected chi connectivity index (χ1v) is 10.0. The summed E-state index contributed by atoms with van der Waals surface area (Å²) in [6.45, 7) is 2.44. The number of imidazole rings is 1. The minimum atomic E-state index is 0.353. The van der Waals surface area contributed by atoms with Crippen molar-refractivity contribution in [3.8, 4) is 22.1 Å². The van der Waals surface area contributed by atoms with Crippen LogP contribution in [-0.2, 0) is 6.61 Å². The van der Waals surface area contributed by atoms with E-state index in [1.54, 1.807) is 30.8 Å². The Kier molecular flexibility index (Phi) is 4.37. The molecule has 0 spiro atoms. The van der Waals surface area contributed by atoms with Gasteiger partial charge in [0.15, 0.2) is 5.65 Å². The first kappa shape index (κ1) is 17.6. The molecule has 6 nitrogen and oxygen atoms in total. The van der Waals surface area contributed by atoms with Crippen LogP contribution in [0.15, 0.2) is 60.2 Å². The summed E-state index contributed by atoms with van der Waals surface area (Å²) < 4.78 is 13.2. The molecule has 0 N–H and O–H groups in total. The number of benzene rings is 1. The summed E-state index contributed by atoms with van der Waals surface area (Å²) in [4.78, 5) is 9.99. The molecular weight excluding hydrogens is 384 g/mol. The van der Waals surface area contributed by atoms with Gasteiger partial charge in [0.05, 0.1) is 23.7 Å². The van der Waals surface area contributed by atoms with E-state index in [-0.39, 0.29) is 0 Å². The molecule has 0 aliphatic carbocycles. The van der Waals surface area contributed by atoms with E-state index < -0.39 is 0 Å². The molecule has 0 atom stereocenters. The lowest BCUT2D eigenvalue weighted by molar-refractivity contribution is 0.302. The third kappa shape index (κ3) is 3.30. The van der Waals surface area contributed by atoms with Crippen molar-refractivity contribution in [3.63, 3.8) is 0 Å². The van der Waals surface area contributed by atoms with Crippen LogP contribution in [0, 0.1) is 6.92 Å². The van der Waals surface area contributed by atoms with E-state index in [4.69, 9.17) is 14.6 Å². The zero-order valence-electron chi connectivity index (χ0n) is 16.0. The van der Waals surface area contributed by atoms with Crippen LogP contribution in [0.4, 0.5) is 0 Å². The fraction of sp³-hybridized carbons (Fsp3) is 0.136. The fourth-order valence-corrected chi connectivity index (χ4v) is 4.09. The van der Waals surface area contributed by atoms with Gasteiger partial charge in [-0.1, -0.05) is 0 Å². The minimum Gasteiger partial charge on any atom is -0.497 e. The van der Waals surface area contributed by atoms with Gasteiger partial charge in [0.25, 0.3) is 0 Å². The highest BCUT2D eigenvalue weighted by Crippen LogP contribution is 2.28. The molecule has 7 heteroatoms. The quantitative estimate of drug-likeness (QED) is 0.418. The number of aromatic nitrogens is 4. The Labute approximate surface area is 171 Å². The number of nitrogens with zero attached hydrogens (tertiary/aromatic N) is 4. The molecule has 144 valence electrons. The van der Waals surface area contributed by atoms with Gasteiger partial charge in [0, 0.05) is 17.6 Å². The molecule has 0 saturated heterocycles. The van der Waals surface area contributed by atoms with E-state index in [9.17, 15) is 0 Å². The van der Waals surface area contributed by atoms with Crippen molar-refractivity contribution in [2.75, 3.05) is 7.11 Å². The zero-order chi connectivity index (χ0) is 19.8. The van der Waals surface area contributed by atoms with Crippen molar-refractivity contribution in [2.45, 2.75) is 13.5 Å². The number of fused-ring (bicyclic) bond motifs is 2. The van der Waals surface area contributed by atoms with Crippen LogP contribution in [0.5, 0.6) is 11.5 Å². The molecule has 29 heavy (non-hydrogen) atoms. The molecule has 5 aromatic rings. The molecular formula is C22H18N4O2S. The lowest BCUT2D eigenvalue weighted by Crippen LogP contribution is -2.03. The molecule has 4 heterocycles. The van der Waals surface area contributed by atoms with Gasteiger partial charge in [-0.25, -0.2) is 9.50 Å². The predicted molar refractivity (Wildman–Crippen MR) is 114 cm³/mol. The van der Waals surface area contributed by atoms with E-state index in [0.717, 1.165) is 44.3 Å². The van der Waals surface area contributed by atoms with Crippen LogP contribution < -0.4 is 9.47 Å². The van der Waals surface area contributed by atoms with Gasteiger partial charge < -0.3 is 9.47 Å². The van der Waals surface area contributed by atoms with Gasteiger partial charge in [-0.3, -0.25) is 4.98 Å². The van der Waals surface area contributed by atoms with E-state index in [2.05, 4.69) is 28.3 Å². The number of pyridine rings is 1. The molecule has 0 amide bonds. The third-order valence-electron chi connectivity index (χ3n) is 4.70. The number of thiophene rings is 1. The summed E-state index contributed by atoms with van der Waals surface area (Å²) >= 11 is 1.69. The molecule has 0 bridgehead atoms. The van der Waals surface area contributed by atoms with Gasteiger partial charge in [0.1, 0.15) is 29.5 Å². The highest BCUT2D eigenvalue weighted by Gasteiger charge is 2.10. The van der Waals surface area contributed by atoms with E-state index in [1.165, 1.54) is 5.56 Å². The summed E-state index contributed by atoms with van der Waals surface area (Å²) in [6.07, 6.45) is 3.54. The molecule has 0 unspecified atom stereocenters. The second-order valence-corrected chi connectivity index (χ2v) is 7.62. The summed E-state index contributed by atoms with van der Waals surface area (Å²) in [5.41, 5.74) is 4.67. The second kappa shape index (κ2) is 7.18. The lowest BCUT2D eigenvalue weighted by Gasteiger charge is -2.09. The Bertz CT molecular complexity index is 1330. The van der Waals surface area contributed by atoms with Crippen molar-refractivity contribution in [1.82, 2.24) is 19.6 Å². The number of hydrogen-bond donors (Lipinski definition) is 0. The number of hydrogen-bond acceptors (Lipinski definition) is 6. The standard InChI is InChI=1S/C22H18N4O2S/c1-14-9-21(29-13-14)18-5-6-22-24-11-15(26(22)25-18)12-28-20-7-8-23-19-10-16(27-2)3-4-17(19)20/h3-11,13H,12H2,1-2H3. The zero-order valence-corrected chi connectivity index (χ0v) is 16.8. The normalized spacial score (nSPS) is 11.2. The molecule has 0 saturated carbocycles. The Morgan fingerprint density at radius 3 is 2.83 bits per heavy atom. The summed E-state index contributed by atoms with van der Waals surface area (Å²) in [5.74, 6) is 1.53. The number of ether oxygens (including phenoxy) is 2. The third-order valence-corrected chi connectivity index (χ3v) is 5.77. The molecule has 0 radical (unpaired) electrons. The van der Waals surface area contributed by atoms with Crippen LogP contribution in [0.2, 0.25) is 0 Å². The first-order valence-electron chi connectivity index (χ1n) is 9.16. The maximum atomic E-state index is 6.12. The van der Waals surface area contributed by atoms with Crippen molar-refractivity contribution in [3.05, 3.63) is 71.5 Å². The van der Waals surface area contributed by atoms with E-state index in [0.29, 0.717) is 6.61 Å². The Morgan fingerprint density at radius 1 is 1.07 bits per heavy atom. The van der Waals surface area contributed by atoms with Crippen LogP contribution in [0.25, 0.3) is 27.1 Å². The molecule has 4 aromatic heterocycles. The van der Waals surface area contributed by atoms with Crippen molar-refractivity contribution < 1.29 is 9.47 Å². The Hall–Kier alpha value is -3.45. The summed E-state index contributed by atoms with van der Waals surface area (Å²) in [5, 5.41) is 7.83. The first-order chi connectivity index (χ1) is 14.2. The average Bonchev–Trinajstić information content (AvgIpc) is 3.37. The van der Waals surface area contributed by atoms with E-state index in [1.807, 2.05) is 40.9 Å². The van der Waals surface area contributed by atoms with Gasteiger partial charge in [-0.15, -0.1) is 11.3 Å². The number of aryl methyl sites for hydroxylation is 1. The van der Waals surface area contributed by atoms with Gasteiger partial charge in [-0.2, -0.15) is 5.10 Å². The maximum Gasteiger partial charge on any atom is 0.153 e. The highest BCUT2D eigenvalue weighted by atomic mass is 32.1. The van der Waals surface area contributed by atoms with Crippen molar-refractivity contribution >= 4 is 27.9 Å². The van der Waals surface area contributed by atoms with Crippen molar-refractivity contribution in [2.24, 2.45) is 0 Å². The van der Waals surface area contributed by atoms with Crippen LogP contribution in [0.3, 0.4) is 0 Å². The fourth-order valence-electron chi connectivity index (χ4n) is 3.22. The lowest BCUT2D eigenvalue weighted by atomic mass is 10.2. The monoisotopic (exact) mass is 402 g/mol. The molecule has 1 aromatic carbocycles. The van der Waals surface area contributed by atoms with Crippen LogP contribution in [-0.4, -0.2) is 26.7 Å². The summed E-state index contributed by atoms with van der Waals surface area (Å²) in [6, 6.07) is 13.8. The molecule has 5 rings (SSSR count). The number of methoxy groups -OCH3 is 1. The molecule has 0 aliphatic heterocycles. The topological polar surface area (TPSA) is 61.5 Å². The Morgan fingerprint density at radius 2 is 2.00 bits per heavy atom. The largest absolute Gasteiger partial charge is 0.497 e.